The first kappa shape index (κ1) is 24.1. The maximum absolute atomic E-state index is 13.3. The fraction of sp³-hybridized carbons (Fsp3) is 0.286. The van der Waals surface area contributed by atoms with E-state index >= 15 is 0 Å². The molecule has 1 unspecified atom stereocenters. The highest BCUT2D eigenvalue weighted by molar-refractivity contribution is 6.51. The van der Waals surface area contributed by atoms with Crippen molar-refractivity contribution in [1.82, 2.24) is 0 Å². The first-order valence-electron chi connectivity index (χ1n) is 11.3. The van der Waals surface area contributed by atoms with Crippen molar-refractivity contribution in [3.05, 3.63) is 82.3 Å². The van der Waals surface area contributed by atoms with Gasteiger partial charge >= 0.3 is 0 Å². The average molecular weight is 476 g/mol. The van der Waals surface area contributed by atoms with Gasteiger partial charge in [-0.3, -0.25) is 14.5 Å². The van der Waals surface area contributed by atoms with E-state index in [0.29, 0.717) is 22.8 Å². The van der Waals surface area contributed by atoms with Gasteiger partial charge in [0, 0.05) is 11.1 Å². The highest BCUT2D eigenvalue weighted by Crippen LogP contribution is 2.46. The van der Waals surface area contributed by atoms with Crippen molar-refractivity contribution < 1.29 is 29.0 Å². The Hall–Kier alpha value is -4.00. The number of phenolic OH excluding ortho intramolecular Hbond substituents is 1. The molecule has 1 aliphatic rings. The Kier molecular flexibility index (Phi) is 5.97. The van der Waals surface area contributed by atoms with Crippen molar-refractivity contribution in [2.24, 2.45) is 0 Å². The van der Waals surface area contributed by atoms with E-state index in [-0.39, 0.29) is 28.2 Å². The van der Waals surface area contributed by atoms with Crippen LogP contribution in [0, 0.1) is 13.8 Å². The molecule has 0 radical (unpaired) electrons. The Labute approximate surface area is 204 Å². The molecule has 0 spiro atoms. The molecule has 182 valence electrons. The van der Waals surface area contributed by atoms with Crippen molar-refractivity contribution in [3.63, 3.8) is 0 Å². The number of ether oxygens (including phenoxy) is 1. The molecule has 0 aliphatic carbocycles. The molecule has 3 aromatic rings. The Bertz CT molecular complexity index is 1360. The highest BCUT2D eigenvalue weighted by atomic mass is 16.5. The predicted octanol–water partition coefficient (Wildman–Crippen LogP) is 5.53. The molecule has 2 N–H and O–H groups in total. The molecule has 1 atom stereocenters. The van der Waals surface area contributed by atoms with E-state index in [4.69, 9.17) is 9.15 Å². The SMILES string of the molecule is COc1ccc(/C(O)=C2/C(=O)C(=O)N(c3cc(C)ccc3O)C2c2ccc(C)o2)cc1C(C)(C)C. The van der Waals surface area contributed by atoms with Gasteiger partial charge in [0.05, 0.1) is 18.4 Å². The number of carbonyl (C=O) groups is 2. The number of aliphatic hydroxyl groups excluding tert-OH is 1. The molecule has 2 aromatic carbocycles. The van der Waals surface area contributed by atoms with Crippen molar-refractivity contribution >= 4 is 23.1 Å². The second-order valence-corrected chi connectivity index (χ2v) is 9.77. The molecule has 1 saturated heterocycles. The molecule has 4 rings (SSSR count). The Balaban J connectivity index is 1.97. The van der Waals surface area contributed by atoms with Gasteiger partial charge in [-0.15, -0.1) is 0 Å². The van der Waals surface area contributed by atoms with E-state index in [0.717, 1.165) is 11.1 Å². The smallest absolute Gasteiger partial charge is 0.300 e. The fourth-order valence-corrected chi connectivity index (χ4v) is 4.37. The number of hydrogen-bond acceptors (Lipinski definition) is 6. The number of rotatable bonds is 4. The summed E-state index contributed by atoms with van der Waals surface area (Å²) in [7, 11) is 1.57. The van der Waals surface area contributed by atoms with Crippen LogP contribution >= 0.6 is 0 Å². The van der Waals surface area contributed by atoms with E-state index < -0.39 is 17.7 Å². The van der Waals surface area contributed by atoms with Crippen LogP contribution in [0.25, 0.3) is 5.76 Å². The fourth-order valence-electron chi connectivity index (χ4n) is 4.37. The van der Waals surface area contributed by atoms with Crippen LogP contribution in [0.4, 0.5) is 5.69 Å². The first-order chi connectivity index (χ1) is 16.4. The Morgan fingerprint density at radius 3 is 2.34 bits per heavy atom. The number of aliphatic hydroxyl groups is 1. The molecule has 7 heteroatoms. The van der Waals surface area contributed by atoms with Gasteiger partial charge in [0.2, 0.25) is 0 Å². The number of ketones is 1. The number of benzene rings is 2. The number of hydrogen-bond donors (Lipinski definition) is 2. The standard InChI is InChI=1S/C28H29NO6/c1-15-7-10-20(30)19(13-15)29-24(22-11-8-16(2)35-22)23(26(32)27(29)33)25(31)17-9-12-21(34-6)18(14-17)28(3,4)5/h7-14,24,30-31H,1-6H3/b25-23-. The van der Waals surface area contributed by atoms with E-state index in [2.05, 4.69) is 0 Å². The van der Waals surface area contributed by atoms with Crippen LogP contribution in [-0.4, -0.2) is 29.0 Å². The number of aryl methyl sites for hydroxylation is 2. The van der Waals surface area contributed by atoms with Crippen LogP contribution in [-0.2, 0) is 15.0 Å². The summed E-state index contributed by atoms with van der Waals surface area (Å²) >= 11 is 0. The van der Waals surface area contributed by atoms with Crippen LogP contribution in [0.5, 0.6) is 11.5 Å². The summed E-state index contributed by atoms with van der Waals surface area (Å²) in [4.78, 5) is 27.8. The number of Topliss-reactive ketones (excluding diaryl/α,β-unsaturated/α-hetero) is 1. The third kappa shape index (κ3) is 4.18. The number of furan rings is 1. The summed E-state index contributed by atoms with van der Waals surface area (Å²) in [5.74, 6) is -0.688. The Morgan fingerprint density at radius 2 is 1.74 bits per heavy atom. The van der Waals surface area contributed by atoms with Crippen molar-refractivity contribution in [2.45, 2.75) is 46.1 Å². The van der Waals surface area contributed by atoms with Crippen LogP contribution in [0.1, 0.15) is 55.0 Å². The number of anilines is 1. The van der Waals surface area contributed by atoms with Gasteiger partial charge in [0.15, 0.2) is 0 Å². The third-order valence-electron chi connectivity index (χ3n) is 6.15. The molecule has 0 saturated carbocycles. The molecule has 1 amide bonds. The number of methoxy groups -OCH3 is 1. The van der Waals surface area contributed by atoms with Gasteiger partial charge in [-0.25, -0.2) is 0 Å². The summed E-state index contributed by atoms with van der Waals surface area (Å²) in [6, 6.07) is 12.2. The zero-order chi connectivity index (χ0) is 25.7. The largest absolute Gasteiger partial charge is 0.507 e. The first-order valence-corrected chi connectivity index (χ1v) is 11.3. The lowest BCUT2D eigenvalue weighted by molar-refractivity contribution is -0.132. The van der Waals surface area contributed by atoms with Gasteiger partial charge in [-0.1, -0.05) is 26.8 Å². The van der Waals surface area contributed by atoms with Gasteiger partial charge in [-0.05, 0) is 67.3 Å². The minimum Gasteiger partial charge on any atom is -0.507 e. The highest BCUT2D eigenvalue weighted by Gasteiger charge is 2.49. The minimum absolute atomic E-state index is 0.115. The Morgan fingerprint density at radius 1 is 1.03 bits per heavy atom. The van der Waals surface area contributed by atoms with Crippen LogP contribution in [0.2, 0.25) is 0 Å². The molecule has 0 bridgehead atoms. The van der Waals surface area contributed by atoms with Crippen molar-refractivity contribution in [3.8, 4) is 11.5 Å². The van der Waals surface area contributed by atoms with Gasteiger partial charge in [0.25, 0.3) is 11.7 Å². The molecular formula is C28H29NO6. The second kappa shape index (κ2) is 8.65. The quantitative estimate of drug-likeness (QED) is 0.292. The van der Waals surface area contributed by atoms with Gasteiger partial charge < -0.3 is 19.4 Å². The molecule has 7 nitrogen and oxygen atoms in total. The van der Waals surface area contributed by atoms with Crippen LogP contribution in [0.15, 0.2) is 58.5 Å². The summed E-state index contributed by atoms with van der Waals surface area (Å²) < 4.78 is 11.3. The maximum Gasteiger partial charge on any atom is 0.300 e. The average Bonchev–Trinajstić information content (AvgIpc) is 3.34. The predicted molar refractivity (Wildman–Crippen MR) is 133 cm³/mol. The van der Waals surface area contributed by atoms with Gasteiger partial charge in [-0.2, -0.15) is 0 Å². The molecule has 1 aliphatic heterocycles. The molecule has 35 heavy (non-hydrogen) atoms. The number of amides is 1. The molecular weight excluding hydrogens is 446 g/mol. The minimum atomic E-state index is -1.06. The van der Waals surface area contributed by atoms with Crippen LogP contribution in [0.3, 0.4) is 0 Å². The molecule has 1 aromatic heterocycles. The maximum atomic E-state index is 13.3. The molecule has 2 heterocycles. The van der Waals surface area contributed by atoms with E-state index in [1.807, 2.05) is 27.7 Å². The van der Waals surface area contributed by atoms with E-state index in [1.54, 1.807) is 56.5 Å². The number of nitrogens with zero attached hydrogens (tertiary/aromatic N) is 1. The molecule has 1 fully saturated rings. The number of aromatic hydroxyl groups is 1. The lowest BCUT2D eigenvalue weighted by atomic mass is 9.84. The lowest BCUT2D eigenvalue weighted by Gasteiger charge is -2.25. The number of phenols is 1. The summed E-state index contributed by atoms with van der Waals surface area (Å²) in [5.41, 5.74) is 1.73. The topological polar surface area (TPSA) is 100 Å². The lowest BCUT2D eigenvalue weighted by Crippen LogP contribution is -2.29. The van der Waals surface area contributed by atoms with E-state index in [9.17, 15) is 19.8 Å². The summed E-state index contributed by atoms with van der Waals surface area (Å²) in [6.07, 6.45) is 0. The summed E-state index contributed by atoms with van der Waals surface area (Å²) in [6.45, 7) is 9.61. The van der Waals surface area contributed by atoms with Crippen LogP contribution < -0.4 is 9.64 Å². The van der Waals surface area contributed by atoms with Crippen molar-refractivity contribution in [2.75, 3.05) is 12.0 Å². The summed E-state index contributed by atoms with van der Waals surface area (Å²) in [5, 5.41) is 22.0. The third-order valence-corrected chi connectivity index (χ3v) is 6.15. The van der Waals surface area contributed by atoms with Gasteiger partial charge in [0.1, 0.15) is 34.8 Å². The normalized spacial score (nSPS) is 17.8. The van der Waals surface area contributed by atoms with E-state index in [1.165, 1.54) is 11.0 Å². The zero-order valence-corrected chi connectivity index (χ0v) is 20.7. The van der Waals surface area contributed by atoms with Crippen molar-refractivity contribution in [1.29, 1.82) is 0 Å². The number of carbonyl (C=O) groups excluding carboxylic acids is 2. The zero-order valence-electron chi connectivity index (χ0n) is 20.7. The monoisotopic (exact) mass is 475 g/mol. The second-order valence-electron chi connectivity index (χ2n) is 9.77.